The van der Waals surface area contributed by atoms with Crippen molar-refractivity contribution in [2.24, 2.45) is 0 Å². The van der Waals surface area contributed by atoms with Crippen molar-refractivity contribution in [2.75, 3.05) is 12.3 Å². The molecule has 1 heterocycles. The molecular weight excluding hydrogens is 374 g/mol. The molecule has 7 nitrogen and oxygen atoms in total. The number of rotatable bonds is 8. The summed E-state index contributed by atoms with van der Waals surface area (Å²) < 4.78 is 1.72. The zero-order valence-electron chi connectivity index (χ0n) is 13.8. The van der Waals surface area contributed by atoms with E-state index < -0.39 is 5.97 Å². The number of benzene rings is 2. The van der Waals surface area contributed by atoms with Gasteiger partial charge in [0.2, 0.25) is 5.16 Å². The van der Waals surface area contributed by atoms with Crippen molar-refractivity contribution in [3.8, 4) is 5.69 Å². The third-order valence-electron chi connectivity index (χ3n) is 3.48. The van der Waals surface area contributed by atoms with E-state index in [2.05, 4.69) is 20.8 Å². The Morgan fingerprint density at radius 1 is 1.12 bits per heavy atom. The predicted molar refractivity (Wildman–Crippen MR) is 102 cm³/mol. The van der Waals surface area contributed by atoms with Gasteiger partial charge in [-0.05, 0) is 40.3 Å². The summed E-state index contributed by atoms with van der Waals surface area (Å²) in [5, 5.41) is 24.8. The number of nitrogens with zero attached hydrogens (tertiary/aromatic N) is 4. The van der Waals surface area contributed by atoms with E-state index in [0.717, 1.165) is 28.7 Å². The first kappa shape index (κ1) is 19.9. The number of hydrogen-bond donors (Lipinski definition) is 2. The van der Waals surface area contributed by atoms with Gasteiger partial charge in [-0.25, -0.2) is 4.79 Å². The van der Waals surface area contributed by atoms with Crippen LogP contribution in [-0.2, 0) is 6.54 Å². The van der Waals surface area contributed by atoms with Gasteiger partial charge in [0, 0.05) is 18.8 Å². The highest BCUT2D eigenvalue weighted by Crippen LogP contribution is 2.17. The number of thioether (sulfide) groups is 1. The van der Waals surface area contributed by atoms with Crippen LogP contribution in [0.3, 0.4) is 0 Å². The summed E-state index contributed by atoms with van der Waals surface area (Å²) in [6.45, 7) is 1.47. The molecule has 1 aromatic heterocycles. The molecule has 2 aromatic carbocycles. The highest BCUT2D eigenvalue weighted by atomic mass is 35.5. The molecule has 0 saturated heterocycles. The normalized spacial score (nSPS) is 10.3. The standard InChI is InChI=1S/C17H17N5O2S.ClH/c23-16(24)14-8-6-13(7-9-14)12-18-10-11-25-17-19-20-21-22(17)15-4-2-1-3-5-15;/h1-9,18H,10-12H2,(H,23,24);1H. The van der Waals surface area contributed by atoms with Crippen molar-refractivity contribution in [3.63, 3.8) is 0 Å². The number of aromatic nitrogens is 4. The lowest BCUT2D eigenvalue weighted by Crippen LogP contribution is -2.16. The van der Waals surface area contributed by atoms with Crippen LogP contribution in [-0.4, -0.2) is 43.6 Å². The van der Waals surface area contributed by atoms with Crippen LogP contribution in [0.1, 0.15) is 15.9 Å². The van der Waals surface area contributed by atoms with E-state index in [1.807, 2.05) is 42.5 Å². The summed E-state index contributed by atoms with van der Waals surface area (Å²) in [4.78, 5) is 10.8. The van der Waals surface area contributed by atoms with E-state index in [9.17, 15) is 4.79 Å². The molecule has 0 amide bonds. The van der Waals surface area contributed by atoms with Crippen LogP contribution >= 0.6 is 24.2 Å². The second-order valence-electron chi connectivity index (χ2n) is 5.24. The van der Waals surface area contributed by atoms with Gasteiger partial charge in [-0.15, -0.1) is 17.5 Å². The molecule has 0 radical (unpaired) electrons. The molecule has 26 heavy (non-hydrogen) atoms. The Labute approximate surface area is 161 Å². The Morgan fingerprint density at radius 3 is 2.54 bits per heavy atom. The number of carboxylic acid groups (broad SMARTS) is 1. The Bertz CT molecular complexity index is 827. The number of nitrogens with one attached hydrogen (secondary N) is 1. The van der Waals surface area contributed by atoms with Crippen LogP contribution in [0.15, 0.2) is 59.8 Å². The van der Waals surface area contributed by atoms with Crippen LogP contribution in [0.25, 0.3) is 5.69 Å². The van der Waals surface area contributed by atoms with Gasteiger partial charge < -0.3 is 10.4 Å². The Balaban J connectivity index is 0.00000243. The fourth-order valence-corrected chi connectivity index (χ4v) is 3.00. The van der Waals surface area contributed by atoms with E-state index in [4.69, 9.17) is 5.11 Å². The van der Waals surface area contributed by atoms with Gasteiger partial charge in [0.25, 0.3) is 0 Å². The quantitative estimate of drug-likeness (QED) is 0.450. The molecule has 0 unspecified atom stereocenters. The molecule has 9 heteroatoms. The molecule has 0 saturated carbocycles. The SMILES string of the molecule is Cl.O=C(O)c1ccc(CNCCSc2nnnn2-c2ccccc2)cc1. The van der Waals surface area contributed by atoms with Gasteiger partial charge in [-0.2, -0.15) is 4.68 Å². The fourth-order valence-electron chi connectivity index (χ4n) is 2.21. The molecule has 0 bridgehead atoms. The molecular formula is C17H18ClN5O2S. The Kier molecular flexibility index (Phi) is 7.58. The first-order valence-corrected chi connectivity index (χ1v) is 8.72. The Hall–Kier alpha value is -2.42. The van der Waals surface area contributed by atoms with E-state index >= 15 is 0 Å². The third kappa shape index (κ3) is 5.29. The lowest BCUT2D eigenvalue weighted by atomic mass is 10.1. The van der Waals surface area contributed by atoms with E-state index in [0.29, 0.717) is 12.1 Å². The topological polar surface area (TPSA) is 92.9 Å². The summed E-state index contributed by atoms with van der Waals surface area (Å²) >= 11 is 1.58. The van der Waals surface area contributed by atoms with Crippen LogP contribution in [0.4, 0.5) is 0 Å². The minimum atomic E-state index is -0.910. The van der Waals surface area contributed by atoms with Crippen LogP contribution < -0.4 is 5.32 Å². The average molecular weight is 392 g/mol. The molecule has 0 aliphatic carbocycles. The van der Waals surface area contributed by atoms with Crippen molar-refractivity contribution >= 4 is 30.1 Å². The van der Waals surface area contributed by atoms with Gasteiger partial charge in [-0.3, -0.25) is 0 Å². The average Bonchev–Trinajstić information content (AvgIpc) is 3.11. The molecule has 0 aliphatic rings. The fraction of sp³-hybridized carbons (Fsp3) is 0.176. The molecule has 136 valence electrons. The van der Waals surface area contributed by atoms with Crippen molar-refractivity contribution in [2.45, 2.75) is 11.7 Å². The zero-order chi connectivity index (χ0) is 17.5. The summed E-state index contributed by atoms with van der Waals surface area (Å²) in [5.41, 5.74) is 2.28. The number of carboxylic acids is 1. The van der Waals surface area contributed by atoms with Crippen molar-refractivity contribution in [1.82, 2.24) is 25.5 Å². The smallest absolute Gasteiger partial charge is 0.335 e. The van der Waals surface area contributed by atoms with Gasteiger partial charge in [0.05, 0.1) is 11.3 Å². The Morgan fingerprint density at radius 2 is 1.85 bits per heavy atom. The van der Waals surface area contributed by atoms with Crippen molar-refractivity contribution in [1.29, 1.82) is 0 Å². The number of tetrazole rings is 1. The van der Waals surface area contributed by atoms with E-state index in [-0.39, 0.29) is 12.4 Å². The van der Waals surface area contributed by atoms with Crippen molar-refractivity contribution in [3.05, 3.63) is 65.7 Å². The number of halogens is 1. The lowest BCUT2D eigenvalue weighted by molar-refractivity contribution is 0.0697. The largest absolute Gasteiger partial charge is 0.478 e. The minimum absolute atomic E-state index is 0. The first-order chi connectivity index (χ1) is 12.2. The lowest BCUT2D eigenvalue weighted by Gasteiger charge is -2.06. The molecule has 0 atom stereocenters. The molecule has 2 N–H and O–H groups in total. The molecule has 0 aliphatic heterocycles. The zero-order valence-corrected chi connectivity index (χ0v) is 15.4. The minimum Gasteiger partial charge on any atom is -0.478 e. The van der Waals surface area contributed by atoms with Gasteiger partial charge in [-0.1, -0.05) is 42.1 Å². The number of hydrogen-bond acceptors (Lipinski definition) is 6. The maximum Gasteiger partial charge on any atom is 0.335 e. The first-order valence-electron chi connectivity index (χ1n) is 7.73. The summed E-state index contributed by atoms with van der Waals surface area (Å²) in [7, 11) is 0. The van der Waals surface area contributed by atoms with Gasteiger partial charge in [0.15, 0.2) is 0 Å². The van der Waals surface area contributed by atoms with Crippen LogP contribution in [0.5, 0.6) is 0 Å². The second kappa shape index (κ2) is 9.91. The monoisotopic (exact) mass is 391 g/mol. The molecule has 0 fully saturated rings. The highest BCUT2D eigenvalue weighted by Gasteiger charge is 2.08. The number of carbonyl (C=O) groups is 1. The number of para-hydroxylation sites is 1. The maximum atomic E-state index is 10.8. The second-order valence-corrected chi connectivity index (χ2v) is 6.30. The number of aromatic carboxylic acids is 1. The summed E-state index contributed by atoms with van der Waals surface area (Å²) in [6.07, 6.45) is 0. The third-order valence-corrected chi connectivity index (χ3v) is 4.40. The molecule has 3 rings (SSSR count). The van der Waals surface area contributed by atoms with E-state index in [1.165, 1.54) is 0 Å². The molecule has 3 aromatic rings. The van der Waals surface area contributed by atoms with Crippen LogP contribution in [0.2, 0.25) is 0 Å². The van der Waals surface area contributed by atoms with Crippen LogP contribution in [0, 0.1) is 0 Å². The molecule has 0 spiro atoms. The van der Waals surface area contributed by atoms with Crippen molar-refractivity contribution < 1.29 is 9.90 Å². The summed E-state index contributed by atoms with van der Waals surface area (Å²) in [5.74, 6) is -0.0903. The predicted octanol–water partition coefficient (Wildman–Crippen LogP) is 2.66. The van der Waals surface area contributed by atoms with E-state index in [1.54, 1.807) is 28.6 Å². The summed E-state index contributed by atoms with van der Waals surface area (Å²) in [6, 6.07) is 16.6. The highest BCUT2D eigenvalue weighted by molar-refractivity contribution is 7.99. The van der Waals surface area contributed by atoms with Gasteiger partial charge in [0.1, 0.15) is 0 Å². The maximum absolute atomic E-state index is 10.8. The van der Waals surface area contributed by atoms with Gasteiger partial charge >= 0.3 is 5.97 Å².